The van der Waals surface area contributed by atoms with Crippen LogP contribution in [0, 0.1) is 0 Å². The van der Waals surface area contributed by atoms with Crippen molar-refractivity contribution in [1.82, 2.24) is 10.3 Å². The molecule has 0 amide bonds. The minimum Gasteiger partial charge on any atom is -0.307 e. The third-order valence-electron chi connectivity index (χ3n) is 3.90. The molecule has 0 spiro atoms. The molecule has 19 heavy (non-hydrogen) atoms. The van der Waals surface area contributed by atoms with E-state index >= 15 is 0 Å². The largest absolute Gasteiger partial charge is 0.307 e. The molecule has 1 N–H and O–H groups in total. The van der Waals surface area contributed by atoms with Crippen molar-refractivity contribution in [3.63, 3.8) is 0 Å². The molecule has 5 heteroatoms. The first-order valence-corrected chi connectivity index (χ1v) is 8.77. The van der Waals surface area contributed by atoms with Crippen LogP contribution in [0.2, 0.25) is 0 Å². The van der Waals surface area contributed by atoms with Gasteiger partial charge in [-0.3, -0.25) is 4.98 Å². The average Bonchev–Trinajstić information content (AvgIpc) is 2.39. The van der Waals surface area contributed by atoms with E-state index < -0.39 is 9.84 Å². The number of rotatable bonds is 4. The lowest BCUT2D eigenvalue weighted by Crippen LogP contribution is -2.39. The van der Waals surface area contributed by atoms with Crippen LogP contribution in [-0.2, 0) is 9.84 Å². The molecule has 1 aliphatic rings. The molecule has 1 heterocycles. The van der Waals surface area contributed by atoms with Gasteiger partial charge in [0.2, 0.25) is 0 Å². The third kappa shape index (κ3) is 4.01. The van der Waals surface area contributed by atoms with Crippen molar-refractivity contribution in [3.05, 3.63) is 30.1 Å². The smallest absolute Gasteiger partial charge is 0.150 e. The summed E-state index contributed by atoms with van der Waals surface area (Å²) in [5.74, 6) is 0. The van der Waals surface area contributed by atoms with Gasteiger partial charge in [0.05, 0.1) is 5.25 Å². The summed E-state index contributed by atoms with van der Waals surface area (Å²) in [4.78, 5) is 4.12. The van der Waals surface area contributed by atoms with Crippen LogP contribution >= 0.6 is 0 Å². The van der Waals surface area contributed by atoms with Crippen molar-refractivity contribution in [3.8, 4) is 0 Å². The van der Waals surface area contributed by atoms with E-state index in [0.29, 0.717) is 0 Å². The Kier molecular flexibility index (Phi) is 4.58. The van der Waals surface area contributed by atoms with Gasteiger partial charge in [0, 0.05) is 30.7 Å². The molecule has 1 aromatic heterocycles. The monoisotopic (exact) mass is 282 g/mol. The minimum atomic E-state index is -2.91. The Hall–Kier alpha value is -0.940. The molecule has 1 aromatic rings. The summed E-state index contributed by atoms with van der Waals surface area (Å²) < 4.78 is 23.3. The Morgan fingerprint density at radius 3 is 2.84 bits per heavy atom. The predicted octanol–water partition coefficient (Wildman–Crippen LogP) is 2.09. The van der Waals surface area contributed by atoms with Crippen LogP contribution in [0.3, 0.4) is 0 Å². The second-order valence-corrected chi connectivity index (χ2v) is 7.82. The van der Waals surface area contributed by atoms with Gasteiger partial charge in [-0.25, -0.2) is 8.42 Å². The van der Waals surface area contributed by atoms with Crippen LogP contribution in [-0.4, -0.2) is 30.9 Å². The van der Waals surface area contributed by atoms with Crippen molar-refractivity contribution >= 4 is 9.84 Å². The van der Waals surface area contributed by atoms with Gasteiger partial charge >= 0.3 is 0 Å². The molecule has 106 valence electrons. The zero-order valence-electron chi connectivity index (χ0n) is 11.5. The highest BCUT2D eigenvalue weighted by atomic mass is 32.2. The Morgan fingerprint density at radius 2 is 2.21 bits per heavy atom. The van der Waals surface area contributed by atoms with E-state index in [-0.39, 0.29) is 17.3 Å². The van der Waals surface area contributed by atoms with Gasteiger partial charge in [-0.1, -0.05) is 12.5 Å². The summed E-state index contributed by atoms with van der Waals surface area (Å²) in [6, 6.07) is 4.45. The second-order valence-electron chi connectivity index (χ2n) is 5.49. The topological polar surface area (TPSA) is 59.1 Å². The molecule has 4 nitrogen and oxygen atoms in total. The summed E-state index contributed by atoms with van der Waals surface area (Å²) in [6.07, 6.45) is 8.53. The highest BCUT2D eigenvalue weighted by Crippen LogP contribution is 2.25. The zero-order chi connectivity index (χ0) is 13.9. The van der Waals surface area contributed by atoms with E-state index in [4.69, 9.17) is 0 Å². The predicted molar refractivity (Wildman–Crippen MR) is 76.7 cm³/mol. The first-order valence-electron chi connectivity index (χ1n) is 6.81. The van der Waals surface area contributed by atoms with Crippen LogP contribution in [0.5, 0.6) is 0 Å². The maximum absolute atomic E-state index is 11.6. The van der Waals surface area contributed by atoms with Gasteiger partial charge in [0.15, 0.2) is 0 Å². The normalized spacial score (nSPS) is 26.0. The Balaban J connectivity index is 1.96. The Labute approximate surface area is 115 Å². The van der Waals surface area contributed by atoms with Crippen LogP contribution in [0.15, 0.2) is 24.5 Å². The summed E-state index contributed by atoms with van der Waals surface area (Å²) in [5, 5.41) is 3.35. The zero-order valence-corrected chi connectivity index (χ0v) is 12.4. The van der Waals surface area contributed by atoms with Crippen molar-refractivity contribution < 1.29 is 8.42 Å². The van der Waals surface area contributed by atoms with E-state index in [1.165, 1.54) is 6.26 Å². The van der Waals surface area contributed by atoms with Crippen molar-refractivity contribution in [2.75, 3.05) is 6.26 Å². The number of hydrogen-bond donors (Lipinski definition) is 1. The quantitative estimate of drug-likeness (QED) is 0.918. The lowest BCUT2D eigenvalue weighted by atomic mass is 9.94. The fourth-order valence-corrected chi connectivity index (χ4v) is 3.94. The maximum Gasteiger partial charge on any atom is 0.150 e. The average molecular weight is 282 g/mol. The minimum absolute atomic E-state index is 0.181. The van der Waals surface area contributed by atoms with E-state index in [0.717, 1.165) is 31.2 Å². The molecule has 0 aliphatic heterocycles. The molecule has 3 atom stereocenters. The van der Waals surface area contributed by atoms with Gasteiger partial charge in [0.1, 0.15) is 9.84 Å². The van der Waals surface area contributed by atoms with Crippen LogP contribution in [0.25, 0.3) is 0 Å². The molecular formula is C14H22N2O2S. The molecular weight excluding hydrogens is 260 g/mol. The van der Waals surface area contributed by atoms with E-state index in [9.17, 15) is 8.42 Å². The summed E-state index contributed by atoms with van der Waals surface area (Å²) >= 11 is 0. The number of nitrogens with one attached hydrogen (secondary N) is 1. The second kappa shape index (κ2) is 6.01. The standard InChI is InChI=1S/C14H22N2O2S/c1-11(12-5-4-8-15-10-12)16-13-6-3-7-14(9-13)19(2,17)18/h4-5,8,10-11,13-14,16H,3,6-7,9H2,1-2H3/t11-,13?,14?/m0/s1. The Morgan fingerprint density at radius 1 is 1.42 bits per heavy atom. The van der Waals surface area contributed by atoms with Crippen LogP contribution < -0.4 is 5.32 Å². The molecule has 1 aliphatic carbocycles. The SMILES string of the molecule is C[C@H](NC1CCCC(S(C)(=O)=O)C1)c1cccnc1. The number of aromatic nitrogens is 1. The van der Waals surface area contributed by atoms with Gasteiger partial charge < -0.3 is 5.32 Å². The molecule has 1 saturated carbocycles. The van der Waals surface area contributed by atoms with Gasteiger partial charge in [-0.2, -0.15) is 0 Å². The fourth-order valence-electron chi connectivity index (χ4n) is 2.77. The number of sulfone groups is 1. The summed E-state index contributed by atoms with van der Waals surface area (Å²) in [5.41, 5.74) is 1.14. The first kappa shape index (κ1) is 14.5. The van der Waals surface area contributed by atoms with E-state index in [1.54, 1.807) is 6.20 Å². The summed E-state index contributed by atoms with van der Waals surface area (Å²) in [7, 11) is -2.91. The Bertz CT molecular complexity index is 501. The summed E-state index contributed by atoms with van der Waals surface area (Å²) in [6.45, 7) is 2.10. The van der Waals surface area contributed by atoms with Crippen molar-refractivity contribution in [1.29, 1.82) is 0 Å². The molecule has 2 unspecified atom stereocenters. The molecule has 0 radical (unpaired) electrons. The maximum atomic E-state index is 11.6. The third-order valence-corrected chi connectivity index (χ3v) is 5.54. The highest BCUT2D eigenvalue weighted by Gasteiger charge is 2.29. The van der Waals surface area contributed by atoms with Crippen molar-refractivity contribution in [2.45, 2.75) is 49.9 Å². The number of pyridine rings is 1. The number of nitrogens with zero attached hydrogens (tertiary/aromatic N) is 1. The highest BCUT2D eigenvalue weighted by molar-refractivity contribution is 7.91. The number of hydrogen-bond acceptors (Lipinski definition) is 4. The van der Waals surface area contributed by atoms with Crippen molar-refractivity contribution in [2.24, 2.45) is 0 Å². The van der Waals surface area contributed by atoms with Crippen LogP contribution in [0.4, 0.5) is 0 Å². The fraction of sp³-hybridized carbons (Fsp3) is 0.643. The molecule has 0 saturated heterocycles. The molecule has 0 bridgehead atoms. The van der Waals surface area contributed by atoms with E-state index in [1.807, 2.05) is 18.3 Å². The lowest BCUT2D eigenvalue weighted by Gasteiger charge is -2.31. The molecule has 0 aromatic carbocycles. The van der Waals surface area contributed by atoms with E-state index in [2.05, 4.69) is 17.2 Å². The first-order chi connectivity index (χ1) is 8.97. The molecule has 2 rings (SSSR count). The van der Waals surface area contributed by atoms with Crippen LogP contribution in [0.1, 0.15) is 44.2 Å². The lowest BCUT2D eigenvalue weighted by molar-refractivity contribution is 0.346. The van der Waals surface area contributed by atoms with Gasteiger partial charge in [-0.05, 0) is 37.8 Å². The molecule has 1 fully saturated rings. The van der Waals surface area contributed by atoms with Gasteiger partial charge in [-0.15, -0.1) is 0 Å². The van der Waals surface area contributed by atoms with Gasteiger partial charge in [0.25, 0.3) is 0 Å².